The predicted molar refractivity (Wildman–Crippen MR) is 116 cm³/mol. The van der Waals surface area contributed by atoms with Crippen LogP contribution in [0.5, 0.6) is 0 Å². The first-order valence-electron chi connectivity index (χ1n) is 9.95. The van der Waals surface area contributed by atoms with Crippen molar-refractivity contribution in [2.45, 2.75) is 24.8 Å². The molecule has 0 amide bonds. The Morgan fingerprint density at radius 2 is 1.80 bits per heavy atom. The molecule has 1 aliphatic rings. The van der Waals surface area contributed by atoms with Gasteiger partial charge in [-0.3, -0.25) is 4.79 Å². The van der Waals surface area contributed by atoms with Crippen LogP contribution in [0.3, 0.4) is 0 Å². The molecule has 1 aromatic heterocycles. The molecule has 0 saturated carbocycles. The molecule has 156 valence electrons. The van der Waals surface area contributed by atoms with Crippen LogP contribution in [0.25, 0.3) is 0 Å². The zero-order valence-corrected chi connectivity index (χ0v) is 17.2. The number of hydrogen-bond donors (Lipinski definition) is 1. The molecule has 3 aromatic rings. The first-order valence-corrected chi connectivity index (χ1v) is 10.3. The van der Waals surface area contributed by atoms with Crippen LogP contribution in [0.2, 0.25) is 5.02 Å². The van der Waals surface area contributed by atoms with Crippen LogP contribution in [-0.2, 0) is 16.7 Å². The van der Waals surface area contributed by atoms with Gasteiger partial charge in [-0.2, -0.15) is 5.10 Å². The van der Waals surface area contributed by atoms with Crippen molar-refractivity contribution < 1.29 is 9.13 Å². The number of anilines is 1. The quantitative estimate of drug-likeness (QED) is 0.639. The van der Waals surface area contributed by atoms with E-state index in [9.17, 15) is 9.18 Å². The highest BCUT2D eigenvalue weighted by Crippen LogP contribution is 2.35. The van der Waals surface area contributed by atoms with E-state index in [1.54, 1.807) is 6.20 Å². The molecule has 0 unspecified atom stereocenters. The van der Waals surface area contributed by atoms with Gasteiger partial charge in [-0.15, -0.1) is 0 Å². The minimum atomic E-state index is -0.340. The highest BCUT2D eigenvalue weighted by molar-refractivity contribution is 6.32. The van der Waals surface area contributed by atoms with Crippen molar-refractivity contribution in [3.8, 4) is 0 Å². The molecule has 7 heteroatoms. The summed E-state index contributed by atoms with van der Waals surface area (Å²) in [4.78, 5) is 12.7. The van der Waals surface area contributed by atoms with E-state index in [2.05, 4.69) is 10.4 Å². The lowest BCUT2D eigenvalue weighted by Gasteiger charge is -2.38. The summed E-state index contributed by atoms with van der Waals surface area (Å²) in [5.41, 5.74) is 1.95. The number of aromatic nitrogens is 2. The van der Waals surface area contributed by atoms with Crippen molar-refractivity contribution in [1.29, 1.82) is 0 Å². The van der Waals surface area contributed by atoms with E-state index < -0.39 is 0 Å². The van der Waals surface area contributed by atoms with E-state index in [-0.39, 0.29) is 21.8 Å². The largest absolute Gasteiger partial charge is 0.381 e. The fourth-order valence-corrected chi connectivity index (χ4v) is 4.07. The Kier molecular flexibility index (Phi) is 6.16. The van der Waals surface area contributed by atoms with Crippen LogP contribution in [0.15, 0.2) is 65.6 Å². The molecule has 1 aliphatic heterocycles. The first-order chi connectivity index (χ1) is 14.6. The minimum absolute atomic E-state index is 0.113. The van der Waals surface area contributed by atoms with Gasteiger partial charge in [0, 0.05) is 25.2 Å². The van der Waals surface area contributed by atoms with Gasteiger partial charge < -0.3 is 10.1 Å². The molecule has 2 aromatic carbocycles. The molecule has 0 bridgehead atoms. The third kappa shape index (κ3) is 4.40. The summed E-state index contributed by atoms with van der Waals surface area (Å²) in [5, 5.41) is 7.71. The van der Waals surface area contributed by atoms with Crippen molar-refractivity contribution >= 4 is 17.3 Å². The van der Waals surface area contributed by atoms with Crippen LogP contribution in [0, 0.1) is 5.82 Å². The Hall–Kier alpha value is -2.70. The molecular formula is C23H23ClFN3O2. The smallest absolute Gasteiger partial charge is 0.287 e. The maximum atomic E-state index is 13.4. The van der Waals surface area contributed by atoms with Crippen molar-refractivity contribution in [3.63, 3.8) is 0 Å². The van der Waals surface area contributed by atoms with Crippen LogP contribution >= 0.6 is 11.6 Å². The number of ether oxygens (including phenoxy) is 1. The van der Waals surface area contributed by atoms with E-state index in [1.165, 1.54) is 16.8 Å². The van der Waals surface area contributed by atoms with Gasteiger partial charge in [-0.05, 0) is 36.1 Å². The maximum Gasteiger partial charge on any atom is 0.287 e. The monoisotopic (exact) mass is 427 g/mol. The molecule has 2 heterocycles. The third-order valence-corrected chi connectivity index (χ3v) is 6.05. The van der Waals surface area contributed by atoms with Crippen molar-refractivity contribution in [1.82, 2.24) is 9.78 Å². The van der Waals surface area contributed by atoms with Gasteiger partial charge in [-0.1, -0.05) is 54.1 Å². The SMILES string of the molecule is O=c1c(Cl)c(NCC2(c3ccc(F)cc3)CCOCC2)cnn1Cc1ccccc1. The van der Waals surface area contributed by atoms with Gasteiger partial charge >= 0.3 is 0 Å². The molecule has 4 rings (SSSR count). The summed E-state index contributed by atoms with van der Waals surface area (Å²) in [5.74, 6) is -0.261. The molecule has 5 nitrogen and oxygen atoms in total. The fraction of sp³-hybridized carbons (Fsp3) is 0.304. The van der Waals surface area contributed by atoms with Gasteiger partial charge in [0.2, 0.25) is 0 Å². The first kappa shape index (κ1) is 20.6. The van der Waals surface area contributed by atoms with Gasteiger partial charge in [0.05, 0.1) is 18.4 Å². The highest BCUT2D eigenvalue weighted by atomic mass is 35.5. The normalized spacial score (nSPS) is 15.7. The van der Waals surface area contributed by atoms with Crippen molar-refractivity contribution in [2.24, 2.45) is 0 Å². The molecular weight excluding hydrogens is 405 g/mol. The molecule has 0 spiro atoms. The molecule has 0 radical (unpaired) electrons. The highest BCUT2D eigenvalue weighted by Gasteiger charge is 2.34. The van der Waals surface area contributed by atoms with Gasteiger partial charge in [-0.25, -0.2) is 9.07 Å². The number of nitrogens with one attached hydrogen (secondary N) is 1. The average Bonchev–Trinajstić information content (AvgIpc) is 2.78. The average molecular weight is 428 g/mol. The zero-order valence-electron chi connectivity index (χ0n) is 16.5. The number of rotatable bonds is 6. The summed E-state index contributed by atoms with van der Waals surface area (Å²) in [6, 6.07) is 16.2. The summed E-state index contributed by atoms with van der Waals surface area (Å²) in [6.45, 7) is 2.16. The summed E-state index contributed by atoms with van der Waals surface area (Å²) >= 11 is 6.38. The fourth-order valence-electron chi connectivity index (χ4n) is 3.85. The number of nitrogens with zero attached hydrogens (tertiary/aromatic N) is 2. The van der Waals surface area contributed by atoms with E-state index in [0.29, 0.717) is 32.0 Å². The molecule has 0 atom stereocenters. The Bertz CT molecular complexity index is 1050. The topological polar surface area (TPSA) is 56.1 Å². The second kappa shape index (κ2) is 8.98. The Morgan fingerprint density at radius 1 is 1.10 bits per heavy atom. The summed E-state index contributed by atoms with van der Waals surface area (Å²) < 4.78 is 20.3. The van der Waals surface area contributed by atoms with E-state index in [1.807, 2.05) is 42.5 Å². The second-order valence-electron chi connectivity index (χ2n) is 7.57. The Labute approximate surface area is 179 Å². The van der Waals surface area contributed by atoms with E-state index in [4.69, 9.17) is 16.3 Å². The molecule has 0 aliphatic carbocycles. The van der Waals surface area contributed by atoms with Gasteiger partial charge in [0.1, 0.15) is 10.8 Å². The maximum absolute atomic E-state index is 13.4. The number of halogens is 2. The van der Waals surface area contributed by atoms with Crippen molar-refractivity contribution in [2.75, 3.05) is 25.1 Å². The lowest BCUT2D eigenvalue weighted by Crippen LogP contribution is -2.40. The molecule has 30 heavy (non-hydrogen) atoms. The number of hydrogen-bond acceptors (Lipinski definition) is 4. The van der Waals surface area contributed by atoms with Gasteiger partial charge in [0.25, 0.3) is 5.56 Å². The Balaban J connectivity index is 1.55. The van der Waals surface area contributed by atoms with Crippen LogP contribution in [-0.4, -0.2) is 29.5 Å². The standard InChI is InChI=1S/C23H23ClFN3O2/c24-21-20(14-27-28(22(21)29)15-17-4-2-1-3-5-17)26-16-23(10-12-30-13-11-23)18-6-8-19(25)9-7-18/h1-9,14,26H,10-13,15-16H2. The van der Waals surface area contributed by atoms with Crippen molar-refractivity contribution in [3.05, 3.63) is 93.1 Å². The minimum Gasteiger partial charge on any atom is -0.381 e. The van der Waals surface area contributed by atoms with E-state index >= 15 is 0 Å². The zero-order chi connectivity index (χ0) is 21.0. The second-order valence-corrected chi connectivity index (χ2v) is 7.95. The van der Waals surface area contributed by atoms with Gasteiger partial charge in [0.15, 0.2) is 0 Å². The van der Waals surface area contributed by atoms with E-state index in [0.717, 1.165) is 24.0 Å². The predicted octanol–water partition coefficient (Wildman–Crippen LogP) is 4.24. The molecule has 1 fully saturated rings. The lowest BCUT2D eigenvalue weighted by molar-refractivity contribution is 0.0543. The van der Waals surface area contributed by atoms with Crippen LogP contribution in [0.1, 0.15) is 24.0 Å². The summed E-state index contributed by atoms with van der Waals surface area (Å²) in [6.07, 6.45) is 3.17. The summed E-state index contributed by atoms with van der Waals surface area (Å²) in [7, 11) is 0. The Morgan fingerprint density at radius 3 is 2.50 bits per heavy atom. The molecule has 1 N–H and O–H groups in total. The molecule has 1 saturated heterocycles. The third-order valence-electron chi connectivity index (χ3n) is 5.68. The number of benzene rings is 2. The lowest BCUT2D eigenvalue weighted by atomic mass is 9.74. The van der Waals surface area contributed by atoms with Crippen LogP contribution in [0.4, 0.5) is 10.1 Å². The van der Waals surface area contributed by atoms with Crippen LogP contribution < -0.4 is 10.9 Å².